The Morgan fingerprint density at radius 1 is 1.05 bits per heavy atom. The van der Waals surface area contributed by atoms with E-state index in [0.29, 0.717) is 5.92 Å². The lowest BCUT2D eigenvalue weighted by molar-refractivity contribution is -0.193. The average Bonchev–Trinajstić information content (AvgIpc) is 3.35. The SMILES string of the molecule is CSc1ccccc1CNc1cc2c3c(c1)[C@@H]1CNC[C@@H]1CN3CCC2.O=C(C(=O)C(F)(F)F)C(F)(F)F. The lowest BCUT2D eigenvalue weighted by Crippen LogP contribution is -2.41. The van der Waals surface area contributed by atoms with Crippen LogP contribution in [0.15, 0.2) is 41.3 Å². The highest BCUT2D eigenvalue weighted by atomic mass is 32.2. The Morgan fingerprint density at radius 3 is 2.39 bits per heavy atom. The molecule has 2 atom stereocenters. The summed E-state index contributed by atoms with van der Waals surface area (Å²) in [6.45, 7) is 5.69. The van der Waals surface area contributed by atoms with Gasteiger partial charge in [-0.1, -0.05) is 18.2 Å². The third kappa shape index (κ3) is 6.12. The van der Waals surface area contributed by atoms with Crippen LogP contribution in [0.4, 0.5) is 37.7 Å². The lowest BCUT2D eigenvalue weighted by atomic mass is 9.80. The molecule has 1 saturated heterocycles. The summed E-state index contributed by atoms with van der Waals surface area (Å²) in [6, 6.07) is 13.6. The highest BCUT2D eigenvalue weighted by molar-refractivity contribution is 7.98. The number of carbonyl (C=O) groups is 2. The average molecular weight is 560 g/mol. The van der Waals surface area contributed by atoms with E-state index in [0.717, 1.165) is 19.0 Å². The van der Waals surface area contributed by atoms with Crippen molar-refractivity contribution < 1.29 is 35.9 Å². The van der Waals surface area contributed by atoms with Crippen LogP contribution in [0.25, 0.3) is 0 Å². The van der Waals surface area contributed by atoms with E-state index >= 15 is 0 Å². The number of halogens is 6. The zero-order valence-corrected chi connectivity index (χ0v) is 21.3. The minimum absolute atomic E-state index is 0.693. The van der Waals surface area contributed by atoms with Crippen LogP contribution in [0.5, 0.6) is 0 Å². The lowest BCUT2D eigenvalue weighted by Gasteiger charge is -2.42. The number of benzene rings is 2. The summed E-state index contributed by atoms with van der Waals surface area (Å²) in [6.07, 6.45) is -6.88. The summed E-state index contributed by atoms with van der Waals surface area (Å²) in [4.78, 5) is 23.3. The fraction of sp³-hybridized carbons (Fsp3) is 0.462. The maximum atomic E-state index is 11.2. The van der Waals surface area contributed by atoms with Gasteiger partial charge in [-0.3, -0.25) is 9.59 Å². The minimum atomic E-state index is -5.77. The number of thioether (sulfide) groups is 1. The first kappa shape index (κ1) is 28.3. The number of hydrogen-bond acceptors (Lipinski definition) is 6. The monoisotopic (exact) mass is 559 g/mol. The number of nitrogens with one attached hydrogen (secondary N) is 2. The van der Waals surface area contributed by atoms with E-state index in [1.165, 1.54) is 48.6 Å². The Labute approximate surface area is 220 Å². The van der Waals surface area contributed by atoms with Crippen LogP contribution < -0.4 is 15.5 Å². The normalized spacial score (nSPS) is 20.1. The molecule has 2 N–H and O–H groups in total. The Hall–Kier alpha value is -2.73. The molecule has 0 radical (unpaired) electrons. The molecule has 206 valence electrons. The van der Waals surface area contributed by atoms with E-state index in [4.69, 9.17) is 0 Å². The van der Waals surface area contributed by atoms with Crippen molar-refractivity contribution in [3.8, 4) is 0 Å². The van der Waals surface area contributed by atoms with E-state index in [-0.39, 0.29) is 0 Å². The Kier molecular flexibility index (Phi) is 8.32. The molecule has 0 spiro atoms. The van der Waals surface area contributed by atoms with Gasteiger partial charge in [0.25, 0.3) is 0 Å². The number of nitrogens with zero attached hydrogens (tertiary/aromatic N) is 1. The molecule has 3 aliphatic rings. The highest BCUT2D eigenvalue weighted by Crippen LogP contribution is 2.45. The first-order valence-electron chi connectivity index (χ1n) is 12.1. The van der Waals surface area contributed by atoms with Crippen LogP contribution in [-0.4, -0.2) is 56.4 Å². The van der Waals surface area contributed by atoms with Crippen molar-refractivity contribution in [3.63, 3.8) is 0 Å². The van der Waals surface area contributed by atoms with Crippen molar-refractivity contribution in [1.29, 1.82) is 0 Å². The van der Waals surface area contributed by atoms with Gasteiger partial charge < -0.3 is 15.5 Å². The standard InChI is InChI=1S/C22H27N3S.C4F6O2/c1-26-21-7-3-2-5-16(21)12-24-18-9-15-6-4-8-25-14-17-11-23-13-20(17)19(10-18)22(15)25;5-3(6,7)1(11)2(12)4(8,9)10/h2-3,5,7,9-10,17,20,23-24H,4,6,8,11-14H2,1H3;/t17-,20-;/m1./s1. The number of fused-ring (bicyclic) bond motifs is 2. The van der Waals surface area contributed by atoms with Gasteiger partial charge in [-0.25, -0.2) is 0 Å². The van der Waals surface area contributed by atoms with Crippen LogP contribution in [0, 0.1) is 5.92 Å². The molecule has 5 rings (SSSR count). The fourth-order valence-corrected chi connectivity index (χ4v) is 5.93. The van der Waals surface area contributed by atoms with Gasteiger partial charge in [0.1, 0.15) is 0 Å². The van der Waals surface area contributed by atoms with Gasteiger partial charge in [0.15, 0.2) is 0 Å². The smallest absolute Gasteiger partial charge is 0.381 e. The summed E-state index contributed by atoms with van der Waals surface area (Å²) in [5.74, 6) is -5.34. The predicted octanol–water partition coefficient (Wildman–Crippen LogP) is 5.34. The van der Waals surface area contributed by atoms with Crippen LogP contribution in [-0.2, 0) is 22.6 Å². The number of rotatable bonds is 5. The maximum absolute atomic E-state index is 11.2. The molecule has 0 saturated carbocycles. The number of anilines is 2. The zero-order valence-electron chi connectivity index (χ0n) is 20.5. The van der Waals surface area contributed by atoms with Gasteiger partial charge in [-0.05, 0) is 59.9 Å². The predicted molar refractivity (Wildman–Crippen MR) is 134 cm³/mol. The van der Waals surface area contributed by atoms with Crippen molar-refractivity contribution in [2.24, 2.45) is 5.92 Å². The second-order valence-corrected chi connectivity index (χ2v) is 10.3. The molecule has 0 amide bonds. The molecule has 2 aromatic carbocycles. The van der Waals surface area contributed by atoms with Crippen LogP contribution in [0.2, 0.25) is 0 Å². The molecule has 0 bridgehead atoms. The zero-order chi connectivity index (χ0) is 27.7. The molecule has 0 aromatic heterocycles. The Morgan fingerprint density at radius 2 is 1.74 bits per heavy atom. The molecule has 3 heterocycles. The van der Waals surface area contributed by atoms with Gasteiger partial charge in [-0.2, -0.15) is 26.3 Å². The summed E-state index contributed by atoms with van der Waals surface area (Å²) in [5.41, 5.74) is 7.39. The molecule has 38 heavy (non-hydrogen) atoms. The second-order valence-electron chi connectivity index (χ2n) is 9.47. The van der Waals surface area contributed by atoms with Gasteiger partial charge in [0.2, 0.25) is 0 Å². The Balaban J connectivity index is 0.000000240. The number of ketones is 2. The van der Waals surface area contributed by atoms with Crippen LogP contribution in [0.1, 0.15) is 29.0 Å². The van der Waals surface area contributed by atoms with Gasteiger partial charge in [0, 0.05) is 54.9 Å². The third-order valence-electron chi connectivity index (χ3n) is 7.00. The van der Waals surface area contributed by atoms with Gasteiger partial charge >= 0.3 is 23.9 Å². The minimum Gasteiger partial charge on any atom is -0.381 e. The van der Waals surface area contributed by atoms with Crippen LogP contribution in [0.3, 0.4) is 0 Å². The van der Waals surface area contributed by atoms with Crippen molar-refractivity contribution >= 4 is 34.7 Å². The van der Waals surface area contributed by atoms with E-state index in [1.54, 1.807) is 16.8 Å². The number of hydrogen-bond donors (Lipinski definition) is 2. The number of aryl methyl sites for hydroxylation is 1. The van der Waals surface area contributed by atoms with Crippen molar-refractivity contribution in [2.75, 3.05) is 42.7 Å². The first-order chi connectivity index (χ1) is 17.9. The fourth-order valence-electron chi connectivity index (χ4n) is 5.31. The van der Waals surface area contributed by atoms with Crippen molar-refractivity contribution in [1.82, 2.24) is 5.32 Å². The number of Topliss-reactive ketones (excluding diaryl/α,β-unsaturated/α-hetero) is 2. The quantitative estimate of drug-likeness (QED) is 0.293. The van der Waals surface area contributed by atoms with E-state index in [1.807, 2.05) is 11.8 Å². The Bertz CT molecular complexity index is 1180. The molecule has 0 unspecified atom stereocenters. The first-order valence-corrected chi connectivity index (χ1v) is 13.3. The summed E-state index contributed by atoms with van der Waals surface area (Å²) < 4.78 is 67.0. The third-order valence-corrected chi connectivity index (χ3v) is 7.84. The summed E-state index contributed by atoms with van der Waals surface area (Å²) >= 11 is 1.83. The van der Waals surface area contributed by atoms with E-state index < -0.39 is 23.9 Å². The molecule has 3 aliphatic heterocycles. The molecule has 0 aliphatic carbocycles. The molecular weight excluding hydrogens is 532 g/mol. The summed E-state index contributed by atoms with van der Waals surface area (Å²) in [5, 5.41) is 7.36. The van der Waals surface area contributed by atoms with Gasteiger partial charge in [-0.15, -0.1) is 11.8 Å². The maximum Gasteiger partial charge on any atom is 0.458 e. The topological polar surface area (TPSA) is 61.4 Å². The van der Waals surface area contributed by atoms with E-state index in [9.17, 15) is 35.9 Å². The van der Waals surface area contributed by atoms with Crippen molar-refractivity contribution in [2.45, 2.75) is 42.6 Å². The number of alkyl halides is 6. The molecule has 12 heteroatoms. The molecule has 5 nitrogen and oxygen atoms in total. The second kappa shape index (κ2) is 11.2. The summed E-state index contributed by atoms with van der Waals surface area (Å²) in [7, 11) is 0. The van der Waals surface area contributed by atoms with E-state index in [2.05, 4.69) is 58.2 Å². The highest BCUT2D eigenvalue weighted by Gasteiger charge is 2.54. The van der Waals surface area contributed by atoms with Gasteiger partial charge in [0.05, 0.1) is 0 Å². The van der Waals surface area contributed by atoms with Crippen molar-refractivity contribution in [3.05, 3.63) is 53.1 Å². The molecule has 1 fully saturated rings. The largest absolute Gasteiger partial charge is 0.458 e. The molecule has 2 aromatic rings. The van der Waals surface area contributed by atoms with Crippen LogP contribution >= 0.6 is 11.8 Å². The molecular formula is C26H27F6N3O2S. The number of carbonyl (C=O) groups excluding carboxylic acids is 2.